The van der Waals surface area contributed by atoms with Gasteiger partial charge in [-0.15, -0.1) is 0 Å². The molecule has 0 saturated heterocycles. The first kappa shape index (κ1) is 25.2. The predicted molar refractivity (Wildman–Crippen MR) is 148 cm³/mol. The molecular weight excluding hydrogens is 492 g/mol. The average Bonchev–Trinajstić information content (AvgIpc) is 2.91. The Labute approximate surface area is 217 Å². The number of phenolic OH excluding ortho intramolecular Hbond substituents is 2. The van der Waals surface area contributed by atoms with Crippen molar-refractivity contribution >= 4 is 45.4 Å². The first-order valence-corrected chi connectivity index (χ1v) is 13.1. The number of para-hydroxylation sites is 2. The minimum absolute atomic E-state index is 0.0906. The Morgan fingerprint density at radius 2 is 1.03 bits per heavy atom. The molecular formula is C28H24N2O4S2. The number of rotatable bonds is 9. The number of hydrogen-bond acceptors (Lipinski definition) is 8. The highest BCUT2D eigenvalue weighted by Crippen LogP contribution is 2.44. The van der Waals surface area contributed by atoms with Crippen LogP contribution in [0.3, 0.4) is 0 Å². The molecule has 8 heteroatoms. The van der Waals surface area contributed by atoms with Crippen LogP contribution in [0.2, 0.25) is 0 Å². The summed E-state index contributed by atoms with van der Waals surface area (Å²) in [7, 11) is 6.23. The second-order valence-corrected chi connectivity index (χ2v) is 9.69. The highest BCUT2D eigenvalue weighted by atomic mass is 33.1. The van der Waals surface area contributed by atoms with Crippen molar-refractivity contribution in [1.29, 1.82) is 0 Å². The van der Waals surface area contributed by atoms with E-state index in [0.717, 1.165) is 32.3 Å². The van der Waals surface area contributed by atoms with Crippen LogP contribution in [0.1, 0.15) is 11.1 Å². The summed E-state index contributed by atoms with van der Waals surface area (Å²) in [4.78, 5) is 11.3. The number of nitrogens with zero attached hydrogens (tertiary/aromatic N) is 2. The van der Waals surface area contributed by atoms with Crippen LogP contribution < -0.4 is 9.47 Å². The summed E-state index contributed by atoms with van der Waals surface area (Å²) in [5, 5.41) is 19.6. The lowest BCUT2D eigenvalue weighted by Gasteiger charge is -2.07. The van der Waals surface area contributed by atoms with Crippen LogP contribution in [-0.2, 0) is 0 Å². The highest BCUT2D eigenvalue weighted by molar-refractivity contribution is 8.76. The Bertz CT molecular complexity index is 1300. The number of benzene rings is 4. The van der Waals surface area contributed by atoms with Crippen LogP contribution in [-0.4, -0.2) is 36.9 Å². The maximum Gasteiger partial charge on any atom is 0.161 e. The van der Waals surface area contributed by atoms with Gasteiger partial charge in [0.15, 0.2) is 23.0 Å². The number of aliphatic imine (C=N–C) groups is 2. The molecule has 0 fully saturated rings. The molecule has 0 aromatic heterocycles. The third-order valence-electron chi connectivity index (χ3n) is 5.06. The maximum absolute atomic E-state index is 9.80. The van der Waals surface area contributed by atoms with Crippen molar-refractivity contribution in [3.8, 4) is 23.0 Å². The summed E-state index contributed by atoms with van der Waals surface area (Å²) in [6.45, 7) is 0. The minimum Gasteiger partial charge on any atom is -0.504 e. The van der Waals surface area contributed by atoms with E-state index in [0.29, 0.717) is 11.5 Å². The molecule has 4 aromatic rings. The number of aromatic hydroxyl groups is 2. The quantitative estimate of drug-likeness (QED) is 0.178. The van der Waals surface area contributed by atoms with E-state index in [1.165, 1.54) is 14.2 Å². The smallest absolute Gasteiger partial charge is 0.161 e. The van der Waals surface area contributed by atoms with E-state index in [-0.39, 0.29) is 11.5 Å². The van der Waals surface area contributed by atoms with E-state index in [1.54, 1.807) is 70.4 Å². The third kappa shape index (κ3) is 6.41. The molecule has 182 valence electrons. The summed E-state index contributed by atoms with van der Waals surface area (Å²) >= 11 is 0. The Kier molecular flexibility index (Phi) is 8.54. The largest absolute Gasteiger partial charge is 0.504 e. The molecule has 4 aromatic carbocycles. The van der Waals surface area contributed by atoms with Crippen LogP contribution >= 0.6 is 21.6 Å². The van der Waals surface area contributed by atoms with Gasteiger partial charge in [0, 0.05) is 22.2 Å². The first-order valence-electron chi connectivity index (χ1n) is 10.9. The lowest BCUT2D eigenvalue weighted by atomic mass is 10.2. The van der Waals surface area contributed by atoms with Gasteiger partial charge in [0.05, 0.1) is 25.6 Å². The summed E-state index contributed by atoms with van der Waals surface area (Å²) < 4.78 is 10.4. The Balaban J connectivity index is 1.50. The third-order valence-corrected chi connectivity index (χ3v) is 7.52. The highest BCUT2D eigenvalue weighted by Gasteiger charge is 2.07. The van der Waals surface area contributed by atoms with E-state index in [1.807, 2.05) is 48.5 Å². The van der Waals surface area contributed by atoms with Gasteiger partial charge in [-0.1, -0.05) is 45.9 Å². The van der Waals surface area contributed by atoms with Crippen molar-refractivity contribution in [1.82, 2.24) is 0 Å². The van der Waals surface area contributed by atoms with Crippen molar-refractivity contribution < 1.29 is 19.7 Å². The lowest BCUT2D eigenvalue weighted by molar-refractivity contribution is 0.373. The van der Waals surface area contributed by atoms with Gasteiger partial charge in [0.1, 0.15) is 0 Å². The molecule has 0 saturated carbocycles. The van der Waals surface area contributed by atoms with Crippen LogP contribution in [0.4, 0.5) is 11.4 Å². The van der Waals surface area contributed by atoms with E-state index in [4.69, 9.17) is 9.47 Å². The molecule has 0 aliphatic rings. The summed E-state index contributed by atoms with van der Waals surface area (Å²) in [6, 6.07) is 26.0. The van der Waals surface area contributed by atoms with Crippen molar-refractivity contribution in [2.75, 3.05) is 14.2 Å². The van der Waals surface area contributed by atoms with Gasteiger partial charge in [-0.25, -0.2) is 0 Å². The normalized spacial score (nSPS) is 11.3. The van der Waals surface area contributed by atoms with E-state index < -0.39 is 0 Å². The number of ether oxygens (including phenoxy) is 2. The molecule has 36 heavy (non-hydrogen) atoms. The van der Waals surface area contributed by atoms with E-state index >= 15 is 0 Å². The van der Waals surface area contributed by atoms with Gasteiger partial charge in [0.25, 0.3) is 0 Å². The number of hydrogen-bond donors (Lipinski definition) is 2. The fourth-order valence-corrected chi connectivity index (χ4v) is 5.44. The zero-order chi connectivity index (χ0) is 25.3. The zero-order valence-electron chi connectivity index (χ0n) is 19.7. The molecule has 0 heterocycles. The van der Waals surface area contributed by atoms with Crippen LogP contribution in [0.15, 0.2) is 105 Å². The standard InChI is InChI=1S/C28H24N2O4S2/c1-33-25-15-19(11-13-23(25)31)17-29-21-7-3-5-9-27(21)35-36-28-10-6-4-8-22(28)30-18-20-12-14-24(32)26(16-20)34-2/h3-18,31-32H,1-2H3. The predicted octanol–water partition coefficient (Wildman–Crippen LogP) is 7.42. The molecule has 0 bridgehead atoms. The molecule has 0 aliphatic carbocycles. The average molecular weight is 517 g/mol. The van der Waals surface area contributed by atoms with Gasteiger partial charge in [-0.3, -0.25) is 9.98 Å². The van der Waals surface area contributed by atoms with Crippen molar-refractivity contribution in [2.24, 2.45) is 9.98 Å². The molecule has 0 amide bonds. The molecule has 6 nitrogen and oxygen atoms in total. The van der Waals surface area contributed by atoms with Crippen LogP contribution in [0, 0.1) is 0 Å². The lowest BCUT2D eigenvalue weighted by Crippen LogP contribution is -1.87. The first-order chi connectivity index (χ1) is 17.6. The van der Waals surface area contributed by atoms with Gasteiger partial charge in [0.2, 0.25) is 0 Å². The minimum atomic E-state index is 0.0906. The topological polar surface area (TPSA) is 83.6 Å². The molecule has 4 rings (SSSR count). The molecule has 0 aliphatic heterocycles. The Morgan fingerprint density at radius 3 is 1.44 bits per heavy atom. The Morgan fingerprint density at radius 1 is 0.611 bits per heavy atom. The molecule has 0 atom stereocenters. The summed E-state index contributed by atoms with van der Waals surface area (Å²) in [5.41, 5.74) is 3.31. The molecule has 0 radical (unpaired) electrons. The number of phenols is 2. The second-order valence-electron chi connectivity index (χ2n) is 7.48. The molecule has 2 N–H and O–H groups in total. The SMILES string of the molecule is COc1cc(C=Nc2ccccc2SSc2ccccc2N=Cc2ccc(O)c(OC)c2)ccc1O. The monoisotopic (exact) mass is 516 g/mol. The van der Waals surface area contributed by atoms with Crippen LogP contribution in [0.5, 0.6) is 23.0 Å². The van der Waals surface area contributed by atoms with Gasteiger partial charge >= 0.3 is 0 Å². The van der Waals surface area contributed by atoms with E-state index in [2.05, 4.69) is 9.98 Å². The fourth-order valence-electron chi connectivity index (χ4n) is 3.20. The maximum atomic E-state index is 9.80. The second kappa shape index (κ2) is 12.2. The molecule has 0 unspecified atom stereocenters. The summed E-state index contributed by atoms with van der Waals surface area (Å²) in [5.74, 6) is 0.987. The van der Waals surface area contributed by atoms with Crippen LogP contribution in [0.25, 0.3) is 0 Å². The van der Waals surface area contributed by atoms with Crippen molar-refractivity contribution in [3.63, 3.8) is 0 Å². The van der Waals surface area contributed by atoms with Crippen molar-refractivity contribution in [2.45, 2.75) is 9.79 Å². The van der Waals surface area contributed by atoms with Gasteiger partial charge < -0.3 is 19.7 Å². The number of methoxy groups -OCH3 is 2. The fraction of sp³-hybridized carbons (Fsp3) is 0.0714. The van der Waals surface area contributed by atoms with E-state index in [9.17, 15) is 10.2 Å². The van der Waals surface area contributed by atoms with Gasteiger partial charge in [-0.2, -0.15) is 0 Å². The zero-order valence-corrected chi connectivity index (χ0v) is 21.3. The summed E-state index contributed by atoms with van der Waals surface area (Å²) in [6.07, 6.45) is 3.49. The molecule has 0 spiro atoms. The van der Waals surface area contributed by atoms with Crippen molar-refractivity contribution in [3.05, 3.63) is 96.1 Å². The van der Waals surface area contributed by atoms with Gasteiger partial charge in [-0.05, 0) is 71.8 Å². The Hall–Kier alpha value is -3.88.